The molecule has 0 bridgehead atoms. The molecule has 1 N–H and O–H groups in total. The summed E-state index contributed by atoms with van der Waals surface area (Å²) in [6.07, 6.45) is 4.56. The molecule has 0 saturated carbocycles. The van der Waals surface area contributed by atoms with Crippen LogP contribution in [0.3, 0.4) is 0 Å². The molecule has 1 aromatic heterocycles. The van der Waals surface area contributed by atoms with Crippen LogP contribution in [-0.2, 0) is 12.8 Å². The van der Waals surface area contributed by atoms with Crippen molar-refractivity contribution in [1.82, 2.24) is 5.32 Å². The molecule has 1 unspecified atom stereocenters. The summed E-state index contributed by atoms with van der Waals surface area (Å²) in [6.45, 7) is 5.20. The summed E-state index contributed by atoms with van der Waals surface area (Å²) in [5.41, 5.74) is 2.34. The van der Waals surface area contributed by atoms with Crippen molar-refractivity contribution in [3.8, 4) is 0 Å². The number of nitrogens with one attached hydrogen (secondary N) is 1. The summed E-state index contributed by atoms with van der Waals surface area (Å²) in [5.74, 6) is 0.838. The highest BCUT2D eigenvalue weighted by atomic mass is 19.1. The molecule has 0 fully saturated rings. The first-order chi connectivity index (χ1) is 9.74. The second-order valence-electron chi connectivity index (χ2n) is 4.99. The van der Waals surface area contributed by atoms with Gasteiger partial charge in [-0.2, -0.15) is 0 Å². The van der Waals surface area contributed by atoms with Crippen LogP contribution >= 0.6 is 0 Å². The van der Waals surface area contributed by atoms with Crippen LogP contribution in [0.15, 0.2) is 41.0 Å². The van der Waals surface area contributed by atoms with Gasteiger partial charge in [0.2, 0.25) is 0 Å². The van der Waals surface area contributed by atoms with E-state index in [1.807, 2.05) is 18.2 Å². The van der Waals surface area contributed by atoms with Crippen molar-refractivity contribution in [1.29, 1.82) is 0 Å². The van der Waals surface area contributed by atoms with Gasteiger partial charge in [-0.05, 0) is 43.1 Å². The average Bonchev–Trinajstić information content (AvgIpc) is 2.94. The number of hydrogen-bond acceptors (Lipinski definition) is 2. The number of furan rings is 1. The maximum atomic E-state index is 13.0. The molecular weight excluding hydrogens is 253 g/mol. The molecule has 0 aliphatic rings. The normalized spacial score (nSPS) is 12.6. The van der Waals surface area contributed by atoms with Crippen molar-refractivity contribution in [3.63, 3.8) is 0 Å². The number of aryl methyl sites for hydroxylation is 1. The van der Waals surface area contributed by atoms with Crippen LogP contribution in [0.25, 0.3) is 0 Å². The Labute approximate surface area is 120 Å². The van der Waals surface area contributed by atoms with Crippen molar-refractivity contribution in [2.75, 3.05) is 6.54 Å². The van der Waals surface area contributed by atoms with Gasteiger partial charge in [-0.3, -0.25) is 0 Å². The molecule has 0 aliphatic heterocycles. The third kappa shape index (κ3) is 3.70. The zero-order chi connectivity index (χ0) is 14.4. The monoisotopic (exact) mass is 275 g/mol. The Balaban J connectivity index is 2.17. The van der Waals surface area contributed by atoms with Gasteiger partial charge < -0.3 is 9.73 Å². The molecule has 2 rings (SSSR count). The van der Waals surface area contributed by atoms with E-state index in [0.717, 1.165) is 37.1 Å². The molecule has 0 spiro atoms. The zero-order valence-electron chi connectivity index (χ0n) is 12.2. The largest absolute Gasteiger partial charge is 0.469 e. The number of benzene rings is 1. The zero-order valence-corrected chi connectivity index (χ0v) is 12.2. The van der Waals surface area contributed by atoms with Crippen LogP contribution in [0.5, 0.6) is 0 Å². The molecular formula is C17H22FNO. The van der Waals surface area contributed by atoms with E-state index < -0.39 is 0 Å². The fourth-order valence-corrected chi connectivity index (χ4v) is 2.42. The van der Waals surface area contributed by atoms with Crippen molar-refractivity contribution in [2.45, 2.75) is 39.2 Å². The highest BCUT2D eigenvalue weighted by Gasteiger charge is 2.17. The Morgan fingerprint density at radius 2 is 1.90 bits per heavy atom. The van der Waals surface area contributed by atoms with Gasteiger partial charge in [0.15, 0.2) is 0 Å². The minimum atomic E-state index is -0.190. The van der Waals surface area contributed by atoms with E-state index in [1.54, 1.807) is 6.26 Å². The Morgan fingerprint density at radius 1 is 1.15 bits per heavy atom. The minimum absolute atomic E-state index is 0.190. The predicted molar refractivity (Wildman–Crippen MR) is 79.2 cm³/mol. The molecule has 0 aliphatic carbocycles. The summed E-state index contributed by atoms with van der Waals surface area (Å²) >= 11 is 0. The first-order valence-electron chi connectivity index (χ1n) is 7.28. The molecule has 0 radical (unpaired) electrons. The maximum Gasteiger partial charge on any atom is 0.123 e. The van der Waals surface area contributed by atoms with Gasteiger partial charge in [0.1, 0.15) is 11.6 Å². The first-order valence-corrected chi connectivity index (χ1v) is 7.28. The van der Waals surface area contributed by atoms with Gasteiger partial charge in [-0.1, -0.05) is 26.0 Å². The topological polar surface area (TPSA) is 25.2 Å². The summed E-state index contributed by atoms with van der Waals surface area (Å²) in [4.78, 5) is 0. The van der Waals surface area contributed by atoms with Gasteiger partial charge in [-0.15, -0.1) is 0 Å². The lowest BCUT2D eigenvalue weighted by Crippen LogP contribution is -2.24. The molecule has 1 aromatic carbocycles. The van der Waals surface area contributed by atoms with Crippen LogP contribution in [0.1, 0.15) is 43.2 Å². The quantitative estimate of drug-likeness (QED) is 0.816. The molecule has 2 nitrogen and oxygen atoms in total. The van der Waals surface area contributed by atoms with Gasteiger partial charge in [0.05, 0.1) is 6.26 Å². The molecule has 20 heavy (non-hydrogen) atoms. The van der Waals surface area contributed by atoms with Crippen molar-refractivity contribution < 1.29 is 8.81 Å². The molecule has 3 heteroatoms. The van der Waals surface area contributed by atoms with E-state index in [-0.39, 0.29) is 11.9 Å². The summed E-state index contributed by atoms with van der Waals surface area (Å²) in [5, 5.41) is 3.56. The van der Waals surface area contributed by atoms with E-state index in [1.165, 1.54) is 17.7 Å². The summed E-state index contributed by atoms with van der Waals surface area (Å²) in [6, 6.07) is 8.98. The van der Waals surface area contributed by atoms with Crippen molar-refractivity contribution >= 4 is 0 Å². The van der Waals surface area contributed by atoms with Crippen LogP contribution in [0.2, 0.25) is 0 Å². The fourth-order valence-electron chi connectivity index (χ4n) is 2.42. The van der Waals surface area contributed by atoms with E-state index in [0.29, 0.717) is 0 Å². The minimum Gasteiger partial charge on any atom is -0.469 e. The lowest BCUT2D eigenvalue weighted by Gasteiger charge is -2.18. The smallest absolute Gasteiger partial charge is 0.123 e. The molecule has 0 amide bonds. The second-order valence-corrected chi connectivity index (χ2v) is 4.99. The lowest BCUT2D eigenvalue weighted by atomic mass is 9.98. The number of halogens is 1. The fraction of sp³-hybridized carbons (Fsp3) is 0.412. The number of hydrogen-bond donors (Lipinski definition) is 1. The molecule has 108 valence electrons. The van der Waals surface area contributed by atoms with E-state index in [2.05, 4.69) is 19.2 Å². The standard InChI is InChI=1S/C17H22FNO/c1-3-10-19-16(15-9-11-20-17(15)4-2)12-13-5-7-14(18)8-6-13/h5-9,11,16,19H,3-4,10,12H2,1-2H3. The molecule has 2 aromatic rings. The third-order valence-electron chi connectivity index (χ3n) is 3.47. The summed E-state index contributed by atoms with van der Waals surface area (Å²) < 4.78 is 18.5. The van der Waals surface area contributed by atoms with E-state index >= 15 is 0 Å². The number of rotatable bonds is 7. The van der Waals surface area contributed by atoms with Gasteiger partial charge in [-0.25, -0.2) is 4.39 Å². The average molecular weight is 275 g/mol. The summed E-state index contributed by atoms with van der Waals surface area (Å²) in [7, 11) is 0. The van der Waals surface area contributed by atoms with Gasteiger partial charge >= 0.3 is 0 Å². The predicted octanol–water partition coefficient (Wildman–Crippen LogP) is 4.26. The van der Waals surface area contributed by atoms with E-state index in [4.69, 9.17) is 4.42 Å². The van der Waals surface area contributed by atoms with Crippen LogP contribution in [-0.4, -0.2) is 6.54 Å². The highest BCUT2D eigenvalue weighted by molar-refractivity contribution is 5.26. The van der Waals surface area contributed by atoms with Gasteiger partial charge in [0.25, 0.3) is 0 Å². The SMILES string of the molecule is CCCNC(Cc1ccc(F)cc1)c1ccoc1CC. The van der Waals surface area contributed by atoms with Gasteiger partial charge in [0, 0.05) is 18.0 Å². The van der Waals surface area contributed by atoms with Crippen LogP contribution < -0.4 is 5.32 Å². The Bertz CT molecular complexity index is 518. The Morgan fingerprint density at radius 3 is 2.55 bits per heavy atom. The first kappa shape index (κ1) is 14.8. The maximum absolute atomic E-state index is 13.0. The molecule has 1 atom stereocenters. The van der Waals surface area contributed by atoms with E-state index in [9.17, 15) is 4.39 Å². The Hall–Kier alpha value is -1.61. The van der Waals surface area contributed by atoms with Crippen molar-refractivity contribution in [3.05, 3.63) is 59.3 Å². The molecule has 1 heterocycles. The van der Waals surface area contributed by atoms with Crippen molar-refractivity contribution in [2.24, 2.45) is 0 Å². The van der Waals surface area contributed by atoms with Crippen LogP contribution in [0.4, 0.5) is 4.39 Å². The third-order valence-corrected chi connectivity index (χ3v) is 3.47. The second kappa shape index (κ2) is 7.25. The lowest BCUT2D eigenvalue weighted by molar-refractivity contribution is 0.481. The van der Waals surface area contributed by atoms with Crippen LogP contribution in [0, 0.1) is 5.82 Å². The Kier molecular flexibility index (Phi) is 5.36. The molecule has 0 saturated heterocycles. The highest BCUT2D eigenvalue weighted by Crippen LogP contribution is 2.24.